The van der Waals surface area contributed by atoms with E-state index in [0.29, 0.717) is 16.9 Å². The van der Waals surface area contributed by atoms with Crippen LogP contribution in [0, 0.1) is 6.92 Å². The molecule has 3 rings (SSSR count). The van der Waals surface area contributed by atoms with Gasteiger partial charge in [0.05, 0.1) is 24.7 Å². The Morgan fingerprint density at radius 3 is 2.11 bits per heavy atom. The molecule has 0 unspecified atom stereocenters. The Labute approximate surface area is 205 Å². The van der Waals surface area contributed by atoms with Gasteiger partial charge in [0.2, 0.25) is 10.0 Å². The van der Waals surface area contributed by atoms with Gasteiger partial charge in [0.25, 0.3) is 5.91 Å². The summed E-state index contributed by atoms with van der Waals surface area (Å²) in [6.45, 7) is 3.53. The van der Waals surface area contributed by atoms with E-state index in [1.165, 1.54) is 19.2 Å². The topological polar surface area (TPSA) is 111 Å². The van der Waals surface area contributed by atoms with E-state index in [-0.39, 0.29) is 11.5 Å². The van der Waals surface area contributed by atoms with Gasteiger partial charge in [-0.05, 0) is 55.8 Å². The van der Waals surface area contributed by atoms with E-state index >= 15 is 0 Å². The Kier molecular flexibility index (Phi) is 8.62. The lowest BCUT2D eigenvalue weighted by molar-refractivity contribution is -0.146. The van der Waals surface area contributed by atoms with Crippen LogP contribution < -0.4 is 14.8 Å². The van der Waals surface area contributed by atoms with E-state index in [2.05, 4.69) is 10.0 Å². The zero-order valence-corrected chi connectivity index (χ0v) is 20.5. The first-order chi connectivity index (χ1) is 16.7. The molecule has 0 aliphatic carbocycles. The molecule has 0 fully saturated rings. The van der Waals surface area contributed by atoms with E-state index in [1.807, 2.05) is 6.92 Å². The van der Waals surface area contributed by atoms with E-state index in [0.717, 1.165) is 5.56 Å². The lowest BCUT2D eigenvalue weighted by Gasteiger charge is -2.28. The van der Waals surface area contributed by atoms with Gasteiger partial charge in [-0.1, -0.05) is 48.0 Å². The number of hydrogen-bond donors (Lipinski definition) is 2. The molecule has 0 aromatic heterocycles. The minimum absolute atomic E-state index is 0.0265. The van der Waals surface area contributed by atoms with Crippen molar-refractivity contribution in [2.75, 3.05) is 13.7 Å². The standard InChI is InChI=1S/C26H28N2O6S/c1-4-34-26(30)24(27-25(29)20-8-6-5-7-9-20)23(19-12-14-21(33-3)15-13-19)28-35(31,32)22-16-10-18(2)11-17-22/h5-17,23-24,28H,4H2,1-3H3,(H,27,29)/t23-,24-/m0/s1. The number of amides is 1. The first-order valence-electron chi connectivity index (χ1n) is 11.0. The third-order valence-electron chi connectivity index (χ3n) is 5.28. The molecule has 2 atom stereocenters. The van der Waals surface area contributed by atoms with Gasteiger partial charge in [-0.2, -0.15) is 0 Å². The highest BCUT2D eigenvalue weighted by molar-refractivity contribution is 7.89. The van der Waals surface area contributed by atoms with Gasteiger partial charge in [0.15, 0.2) is 0 Å². The molecule has 0 bridgehead atoms. The Morgan fingerprint density at radius 1 is 0.914 bits per heavy atom. The average molecular weight is 497 g/mol. The van der Waals surface area contributed by atoms with Crippen LogP contribution in [-0.2, 0) is 19.6 Å². The molecule has 9 heteroatoms. The molecular weight excluding hydrogens is 468 g/mol. The van der Waals surface area contributed by atoms with Crippen LogP contribution in [0.4, 0.5) is 0 Å². The van der Waals surface area contributed by atoms with Crippen LogP contribution in [0.2, 0.25) is 0 Å². The van der Waals surface area contributed by atoms with Crippen molar-refractivity contribution in [3.8, 4) is 5.75 Å². The molecule has 0 saturated carbocycles. The van der Waals surface area contributed by atoms with Gasteiger partial charge in [0, 0.05) is 5.56 Å². The zero-order chi connectivity index (χ0) is 25.4. The third kappa shape index (κ3) is 6.68. The maximum absolute atomic E-state index is 13.3. The fraction of sp³-hybridized carbons (Fsp3) is 0.231. The lowest BCUT2D eigenvalue weighted by atomic mass is 9.99. The summed E-state index contributed by atoms with van der Waals surface area (Å²) in [6.07, 6.45) is 0. The summed E-state index contributed by atoms with van der Waals surface area (Å²) >= 11 is 0. The molecule has 0 radical (unpaired) electrons. The molecule has 184 valence electrons. The van der Waals surface area contributed by atoms with Crippen molar-refractivity contribution >= 4 is 21.9 Å². The highest BCUT2D eigenvalue weighted by atomic mass is 32.2. The SMILES string of the molecule is CCOC(=O)[C@@H](NC(=O)c1ccccc1)[C@@H](NS(=O)(=O)c1ccc(C)cc1)c1ccc(OC)cc1. The monoisotopic (exact) mass is 496 g/mol. The zero-order valence-electron chi connectivity index (χ0n) is 19.7. The summed E-state index contributed by atoms with van der Waals surface area (Å²) in [7, 11) is -2.57. The number of methoxy groups -OCH3 is 1. The van der Waals surface area contributed by atoms with Gasteiger partial charge in [-0.15, -0.1) is 0 Å². The molecule has 0 heterocycles. The number of aryl methyl sites for hydroxylation is 1. The van der Waals surface area contributed by atoms with Crippen LogP contribution in [-0.4, -0.2) is 40.1 Å². The van der Waals surface area contributed by atoms with Crippen LogP contribution >= 0.6 is 0 Å². The van der Waals surface area contributed by atoms with Gasteiger partial charge >= 0.3 is 5.97 Å². The van der Waals surface area contributed by atoms with Crippen molar-refractivity contribution in [2.24, 2.45) is 0 Å². The Balaban J connectivity index is 2.05. The summed E-state index contributed by atoms with van der Waals surface area (Å²) in [4.78, 5) is 26.0. The number of nitrogens with one attached hydrogen (secondary N) is 2. The highest BCUT2D eigenvalue weighted by Gasteiger charge is 2.36. The third-order valence-corrected chi connectivity index (χ3v) is 6.74. The molecule has 0 spiro atoms. The van der Waals surface area contributed by atoms with Crippen LogP contribution in [0.1, 0.15) is 34.5 Å². The van der Waals surface area contributed by atoms with Crippen molar-refractivity contribution in [2.45, 2.75) is 30.8 Å². The summed E-state index contributed by atoms with van der Waals surface area (Å²) in [5, 5.41) is 2.66. The Morgan fingerprint density at radius 2 is 1.54 bits per heavy atom. The van der Waals surface area contributed by atoms with Crippen LogP contribution in [0.3, 0.4) is 0 Å². The maximum atomic E-state index is 13.3. The minimum atomic E-state index is -4.07. The number of sulfonamides is 1. The summed E-state index contributed by atoms with van der Waals surface area (Å²) < 4.78 is 39.6. The van der Waals surface area contributed by atoms with E-state index < -0.39 is 34.0 Å². The Hall–Kier alpha value is -3.69. The van der Waals surface area contributed by atoms with E-state index in [9.17, 15) is 18.0 Å². The predicted octanol–water partition coefficient (Wildman–Crippen LogP) is 3.38. The van der Waals surface area contributed by atoms with Crippen molar-refractivity contribution in [1.82, 2.24) is 10.0 Å². The minimum Gasteiger partial charge on any atom is -0.497 e. The van der Waals surface area contributed by atoms with Gasteiger partial charge in [0.1, 0.15) is 11.8 Å². The second kappa shape index (κ2) is 11.6. The fourth-order valence-electron chi connectivity index (χ4n) is 3.42. The predicted molar refractivity (Wildman–Crippen MR) is 132 cm³/mol. The maximum Gasteiger partial charge on any atom is 0.330 e. The molecule has 8 nitrogen and oxygen atoms in total. The lowest BCUT2D eigenvalue weighted by Crippen LogP contribution is -2.51. The van der Waals surface area contributed by atoms with Gasteiger partial charge in [-0.25, -0.2) is 17.9 Å². The van der Waals surface area contributed by atoms with Crippen LogP contribution in [0.5, 0.6) is 5.75 Å². The first-order valence-corrected chi connectivity index (χ1v) is 12.5. The quantitative estimate of drug-likeness (QED) is 0.417. The van der Waals surface area contributed by atoms with Gasteiger partial charge < -0.3 is 14.8 Å². The molecule has 1 amide bonds. The van der Waals surface area contributed by atoms with Crippen molar-refractivity contribution in [1.29, 1.82) is 0 Å². The molecule has 0 aliphatic rings. The fourth-order valence-corrected chi connectivity index (χ4v) is 4.65. The number of rotatable bonds is 10. The molecule has 3 aromatic rings. The molecule has 2 N–H and O–H groups in total. The molecule has 3 aromatic carbocycles. The van der Waals surface area contributed by atoms with Gasteiger partial charge in [-0.3, -0.25) is 4.79 Å². The largest absolute Gasteiger partial charge is 0.497 e. The number of carbonyl (C=O) groups is 2. The molecule has 0 saturated heterocycles. The normalized spacial score (nSPS) is 12.9. The number of carbonyl (C=O) groups excluding carboxylic acids is 2. The number of hydrogen-bond acceptors (Lipinski definition) is 6. The second-order valence-corrected chi connectivity index (χ2v) is 9.47. The summed E-state index contributed by atoms with van der Waals surface area (Å²) in [5.41, 5.74) is 1.65. The van der Waals surface area contributed by atoms with E-state index in [1.54, 1.807) is 73.7 Å². The molecule has 35 heavy (non-hydrogen) atoms. The molecular formula is C26H28N2O6S. The highest BCUT2D eigenvalue weighted by Crippen LogP contribution is 2.25. The second-order valence-electron chi connectivity index (χ2n) is 7.75. The number of benzene rings is 3. The van der Waals surface area contributed by atoms with Crippen LogP contribution in [0.25, 0.3) is 0 Å². The van der Waals surface area contributed by atoms with Crippen molar-refractivity contribution in [3.05, 3.63) is 95.6 Å². The number of esters is 1. The van der Waals surface area contributed by atoms with E-state index in [4.69, 9.17) is 9.47 Å². The average Bonchev–Trinajstić information content (AvgIpc) is 2.87. The first kappa shape index (κ1) is 25.9. The van der Waals surface area contributed by atoms with Crippen molar-refractivity contribution in [3.63, 3.8) is 0 Å². The number of ether oxygens (including phenoxy) is 2. The summed E-state index contributed by atoms with van der Waals surface area (Å²) in [6, 6.07) is 18.7. The van der Waals surface area contributed by atoms with Crippen molar-refractivity contribution < 1.29 is 27.5 Å². The smallest absolute Gasteiger partial charge is 0.330 e. The molecule has 0 aliphatic heterocycles. The Bertz CT molecular complexity index is 1240. The van der Waals surface area contributed by atoms with Crippen LogP contribution in [0.15, 0.2) is 83.8 Å². The summed E-state index contributed by atoms with van der Waals surface area (Å²) in [5.74, 6) is -0.768.